The van der Waals surface area contributed by atoms with Gasteiger partial charge in [0.25, 0.3) is 0 Å². The monoisotopic (exact) mass is 208 g/mol. The van der Waals surface area contributed by atoms with Crippen LogP contribution in [0.5, 0.6) is 0 Å². The second kappa shape index (κ2) is 3.24. The van der Waals surface area contributed by atoms with Crippen LogP contribution >= 0.6 is 0 Å². The lowest BCUT2D eigenvalue weighted by Gasteiger charge is -2.10. The van der Waals surface area contributed by atoms with E-state index in [0.717, 1.165) is 11.1 Å². The third-order valence-corrected chi connectivity index (χ3v) is 4.04. The fourth-order valence-corrected chi connectivity index (χ4v) is 3.57. The lowest BCUT2D eigenvalue weighted by atomic mass is 9.95. The molecule has 0 bridgehead atoms. The van der Waals surface area contributed by atoms with E-state index < -0.39 is 9.84 Å². The Labute approximate surface area is 84.2 Å². The van der Waals surface area contributed by atoms with Crippen LogP contribution in [0.15, 0.2) is 41.3 Å². The summed E-state index contributed by atoms with van der Waals surface area (Å²) in [5, 5.41) is 1.39. The van der Waals surface area contributed by atoms with Crippen LogP contribution in [0.4, 0.5) is 0 Å². The molecule has 0 aliphatic carbocycles. The Hall–Kier alpha value is -1.09. The largest absolute Gasteiger partial charge is 0.224 e. The Kier molecular flexibility index (Phi) is 2.19. The highest BCUT2D eigenvalue weighted by Crippen LogP contribution is 2.32. The predicted octanol–water partition coefficient (Wildman–Crippen LogP) is 2.10. The summed E-state index contributed by atoms with van der Waals surface area (Å²) in [4.78, 5) is 0. The summed E-state index contributed by atoms with van der Waals surface area (Å²) in [7, 11) is -2.95. The average Bonchev–Trinajstić information content (AvgIpc) is 2.41. The van der Waals surface area contributed by atoms with Crippen molar-refractivity contribution in [2.75, 3.05) is 5.75 Å². The molecule has 1 aliphatic heterocycles. The van der Waals surface area contributed by atoms with Gasteiger partial charge in [0.05, 0.1) is 5.75 Å². The Balaban J connectivity index is 2.37. The summed E-state index contributed by atoms with van der Waals surface area (Å²) in [6, 6.07) is 9.76. The zero-order valence-electron chi connectivity index (χ0n) is 7.97. The summed E-state index contributed by atoms with van der Waals surface area (Å²) in [6.07, 6.45) is 0. The minimum absolute atomic E-state index is 0.0567. The molecule has 1 aromatic rings. The van der Waals surface area contributed by atoms with Crippen LogP contribution in [-0.2, 0) is 9.84 Å². The molecule has 2 rings (SSSR count). The van der Waals surface area contributed by atoms with Crippen LogP contribution in [0.1, 0.15) is 18.4 Å². The van der Waals surface area contributed by atoms with Crippen molar-refractivity contribution in [2.45, 2.75) is 12.8 Å². The van der Waals surface area contributed by atoms with E-state index in [1.165, 1.54) is 5.41 Å². The van der Waals surface area contributed by atoms with Crippen LogP contribution in [0, 0.1) is 0 Å². The number of hydrogen-bond acceptors (Lipinski definition) is 2. The molecule has 3 heteroatoms. The van der Waals surface area contributed by atoms with E-state index in [0.29, 0.717) is 0 Å². The SMILES string of the molecule is CC1=CS(=O)(=O)CC1c1ccccc1. The van der Waals surface area contributed by atoms with E-state index in [-0.39, 0.29) is 11.7 Å². The smallest absolute Gasteiger partial charge is 0.172 e. The molecule has 1 aliphatic rings. The van der Waals surface area contributed by atoms with Crippen molar-refractivity contribution in [3.8, 4) is 0 Å². The summed E-state index contributed by atoms with van der Waals surface area (Å²) >= 11 is 0. The Morgan fingerprint density at radius 3 is 2.36 bits per heavy atom. The van der Waals surface area contributed by atoms with Gasteiger partial charge in [-0.05, 0) is 12.5 Å². The molecule has 2 nitrogen and oxygen atoms in total. The van der Waals surface area contributed by atoms with Crippen molar-refractivity contribution in [1.29, 1.82) is 0 Å². The van der Waals surface area contributed by atoms with Crippen LogP contribution in [0.2, 0.25) is 0 Å². The minimum Gasteiger partial charge on any atom is -0.224 e. The minimum atomic E-state index is -2.95. The van der Waals surface area contributed by atoms with E-state index in [4.69, 9.17) is 0 Å². The van der Waals surface area contributed by atoms with Crippen LogP contribution in [0.25, 0.3) is 0 Å². The molecule has 0 saturated heterocycles. The van der Waals surface area contributed by atoms with Crippen LogP contribution in [0.3, 0.4) is 0 Å². The van der Waals surface area contributed by atoms with Gasteiger partial charge in [-0.3, -0.25) is 0 Å². The number of allylic oxidation sites excluding steroid dienone is 1. The summed E-state index contributed by atoms with van der Waals surface area (Å²) < 4.78 is 22.7. The zero-order chi connectivity index (χ0) is 10.2. The molecule has 1 aromatic carbocycles. The van der Waals surface area contributed by atoms with Crippen molar-refractivity contribution >= 4 is 9.84 Å². The molecule has 0 radical (unpaired) electrons. The van der Waals surface area contributed by atoms with Gasteiger partial charge in [0.15, 0.2) is 9.84 Å². The summed E-state index contributed by atoms with van der Waals surface area (Å²) in [5.74, 6) is 0.282. The predicted molar refractivity (Wildman–Crippen MR) is 56.7 cm³/mol. The number of hydrogen-bond donors (Lipinski definition) is 0. The topological polar surface area (TPSA) is 34.1 Å². The summed E-state index contributed by atoms with van der Waals surface area (Å²) in [5.41, 5.74) is 2.03. The number of benzene rings is 1. The van der Waals surface area contributed by atoms with E-state index in [2.05, 4.69) is 0 Å². The van der Waals surface area contributed by atoms with E-state index in [1.54, 1.807) is 0 Å². The Morgan fingerprint density at radius 1 is 1.21 bits per heavy atom. The molecule has 0 fully saturated rings. The van der Waals surface area contributed by atoms with E-state index >= 15 is 0 Å². The van der Waals surface area contributed by atoms with Crippen molar-refractivity contribution in [3.63, 3.8) is 0 Å². The first-order valence-electron chi connectivity index (χ1n) is 4.54. The quantitative estimate of drug-likeness (QED) is 0.708. The maximum Gasteiger partial charge on any atom is 0.172 e. The molecule has 0 saturated carbocycles. The second-order valence-electron chi connectivity index (χ2n) is 3.65. The first kappa shape index (κ1) is 9.46. The molecule has 0 amide bonds. The van der Waals surface area contributed by atoms with Gasteiger partial charge in [-0.1, -0.05) is 35.9 Å². The first-order valence-corrected chi connectivity index (χ1v) is 6.26. The fourth-order valence-electron chi connectivity index (χ4n) is 1.82. The van der Waals surface area contributed by atoms with Gasteiger partial charge >= 0.3 is 0 Å². The van der Waals surface area contributed by atoms with Gasteiger partial charge in [-0.15, -0.1) is 0 Å². The standard InChI is InChI=1S/C11H12O2S/c1-9-7-14(12,13)8-11(9)10-5-3-2-4-6-10/h2-7,11H,8H2,1H3. The van der Waals surface area contributed by atoms with Gasteiger partial charge in [-0.25, -0.2) is 8.42 Å². The highest BCUT2D eigenvalue weighted by molar-refractivity contribution is 7.94. The van der Waals surface area contributed by atoms with Gasteiger partial charge in [0.1, 0.15) is 0 Å². The first-order chi connectivity index (χ1) is 6.58. The van der Waals surface area contributed by atoms with Gasteiger partial charge in [-0.2, -0.15) is 0 Å². The molecule has 0 spiro atoms. The molecule has 0 N–H and O–H groups in total. The van der Waals surface area contributed by atoms with E-state index in [1.807, 2.05) is 37.3 Å². The molecular weight excluding hydrogens is 196 g/mol. The van der Waals surface area contributed by atoms with E-state index in [9.17, 15) is 8.42 Å². The maximum absolute atomic E-state index is 11.3. The molecule has 0 aromatic heterocycles. The third kappa shape index (κ3) is 1.73. The van der Waals surface area contributed by atoms with Crippen molar-refractivity contribution in [2.24, 2.45) is 0 Å². The average molecular weight is 208 g/mol. The highest BCUT2D eigenvalue weighted by Gasteiger charge is 2.27. The highest BCUT2D eigenvalue weighted by atomic mass is 32.2. The normalized spacial score (nSPS) is 24.6. The summed E-state index contributed by atoms with van der Waals surface area (Å²) in [6.45, 7) is 1.88. The molecular formula is C11H12O2S. The Morgan fingerprint density at radius 2 is 1.86 bits per heavy atom. The molecule has 14 heavy (non-hydrogen) atoms. The second-order valence-corrected chi connectivity index (χ2v) is 5.55. The molecule has 1 heterocycles. The Bertz CT molecular complexity index is 457. The van der Waals surface area contributed by atoms with Crippen molar-refractivity contribution in [3.05, 3.63) is 46.9 Å². The van der Waals surface area contributed by atoms with Gasteiger partial charge in [0.2, 0.25) is 0 Å². The van der Waals surface area contributed by atoms with Crippen molar-refractivity contribution in [1.82, 2.24) is 0 Å². The van der Waals surface area contributed by atoms with Gasteiger partial charge in [0, 0.05) is 11.3 Å². The number of rotatable bonds is 1. The molecule has 74 valence electrons. The van der Waals surface area contributed by atoms with Gasteiger partial charge < -0.3 is 0 Å². The lowest BCUT2D eigenvalue weighted by molar-refractivity contribution is 0.604. The van der Waals surface area contributed by atoms with Crippen LogP contribution < -0.4 is 0 Å². The number of sulfone groups is 1. The molecule has 1 unspecified atom stereocenters. The maximum atomic E-state index is 11.3. The molecule has 1 atom stereocenters. The third-order valence-electron chi connectivity index (χ3n) is 2.52. The van der Waals surface area contributed by atoms with Crippen LogP contribution in [-0.4, -0.2) is 14.2 Å². The lowest BCUT2D eigenvalue weighted by Crippen LogP contribution is -2.05. The fraction of sp³-hybridized carbons (Fsp3) is 0.273. The zero-order valence-corrected chi connectivity index (χ0v) is 8.79. The van der Waals surface area contributed by atoms with Crippen molar-refractivity contribution < 1.29 is 8.42 Å².